The zero-order chi connectivity index (χ0) is 15.4. The van der Waals surface area contributed by atoms with Crippen molar-refractivity contribution in [3.63, 3.8) is 0 Å². The molecule has 2 aliphatic carbocycles. The first-order chi connectivity index (χ1) is 10.7. The van der Waals surface area contributed by atoms with E-state index >= 15 is 0 Å². The van der Waals surface area contributed by atoms with Crippen LogP contribution in [0.3, 0.4) is 0 Å². The molecule has 1 aromatic heterocycles. The number of aliphatic hydroxyl groups is 1. The second kappa shape index (κ2) is 7.41. The Morgan fingerprint density at radius 3 is 2.68 bits per heavy atom. The molecule has 1 unspecified atom stereocenters. The fourth-order valence-electron chi connectivity index (χ4n) is 4.07. The van der Waals surface area contributed by atoms with E-state index in [4.69, 9.17) is 4.98 Å². The van der Waals surface area contributed by atoms with Gasteiger partial charge in [-0.05, 0) is 57.3 Å². The largest absolute Gasteiger partial charge is 0.396 e. The Hall–Kier alpha value is -0.450. The van der Waals surface area contributed by atoms with Crippen molar-refractivity contribution < 1.29 is 5.11 Å². The number of aliphatic hydroxyl groups excluding tert-OH is 1. The number of rotatable bonds is 6. The van der Waals surface area contributed by atoms with Gasteiger partial charge in [-0.2, -0.15) is 0 Å². The van der Waals surface area contributed by atoms with E-state index in [9.17, 15) is 5.11 Å². The summed E-state index contributed by atoms with van der Waals surface area (Å²) in [6.07, 6.45) is 12.5. The maximum atomic E-state index is 9.44. The summed E-state index contributed by atoms with van der Waals surface area (Å²) in [6.45, 7) is 3.60. The Balaban J connectivity index is 1.60. The zero-order valence-electron chi connectivity index (χ0n) is 13.9. The molecule has 3 nitrogen and oxygen atoms in total. The predicted octanol–water partition coefficient (Wildman–Crippen LogP) is 4.01. The topological polar surface area (TPSA) is 45.1 Å². The van der Waals surface area contributed by atoms with Crippen molar-refractivity contribution in [3.05, 3.63) is 15.6 Å². The summed E-state index contributed by atoms with van der Waals surface area (Å²) in [4.78, 5) is 6.42. The van der Waals surface area contributed by atoms with Gasteiger partial charge in [-0.1, -0.05) is 19.3 Å². The number of thiazole rings is 1. The highest BCUT2D eigenvalue weighted by Gasteiger charge is 2.32. The molecule has 1 aromatic rings. The maximum absolute atomic E-state index is 9.44. The molecule has 0 aliphatic heterocycles. The number of nitrogens with one attached hydrogen (secondary N) is 1. The molecule has 0 radical (unpaired) electrons. The molecule has 1 saturated carbocycles. The standard InChI is InChI=1S/C18H30N2OS/c1-14(17-20-15-7-3-4-8-16(15)22-17)19-13-18(11-12-21)9-5-2-6-10-18/h14,19,21H,2-13H2,1H3. The molecule has 0 amide bonds. The molecule has 0 spiro atoms. The zero-order valence-corrected chi connectivity index (χ0v) is 14.7. The molecule has 0 saturated heterocycles. The minimum Gasteiger partial charge on any atom is -0.396 e. The number of fused-ring (bicyclic) bond motifs is 1. The van der Waals surface area contributed by atoms with Gasteiger partial charge in [0.25, 0.3) is 0 Å². The monoisotopic (exact) mass is 322 g/mol. The number of nitrogens with zero attached hydrogens (tertiary/aromatic N) is 1. The van der Waals surface area contributed by atoms with Crippen LogP contribution in [-0.4, -0.2) is 23.2 Å². The predicted molar refractivity (Wildman–Crippen MR) is 92.4 cm³/mol. The molecule has 3 rings (SSSR count). The van der Waals surface area contributed by atoms with Crippen molar-refractivity contribution in [2.24, 2.45) is 5.41 Å². The molecule has 1 heterocycles. The highest BCUT2D eigenvalue weighted by molar-refractivity contribution is 7.11. The molecular formula is C18H30N2OS. The van der Waals surface area contributed by atoms with Gasteiger partial charge in [-0.15, -0.1) is 11.3 Å². The third kappa shape index (κ3) is 3.72. The summed E-state index contributed by atoms with van der Waals surface area (Å²) >= 11 is 1.92. The second-order valence-electron chi connectivity index (χ2n) is 7.27. The van der Waals surface area contributed by atoms with Crippen LogP contribution in [-0.2, 0) is 12.8 Å². The summed E-state index contributed by atoms with van der Waals surface area (Å²) in [7, 11) is 0. The lowest BCUT2D eigenvalue weighted by atomic mass is 9.72. The van der Waals surface area contributed by atoms with Gasteiger partial charge < -0.3 is 10.4 Å². The molecule has 124 valence electrons. The normalized spacial score (nSPS) is 22.3. The minimum atomic E-state index is 0.318. The SMILES string of the molecule is CC(NCC1(CCO)CCCCC1)c1nc2c(s1)CCCC2. The van der Waals surface area contributed by atoms with Crippen LogP contribution in [0.1, 0.15) is 79.9 Å². The molecule has 1 atom stereocenters. The maximum Gasteiger partial charge on any atom is 0.110 e. The summed E-state index contributed by atoms with van der Waals surface area (Å²) < 4.78 is 0. The van der Waals surface area contributed by atoms with Gasteiger partial charge >= 0.3 is 0 Å². The quantitative estimate of drug-likeness (QED) is 0.832. The summed E-state index contributed by atoms with van der Waals surface area (Å²) in [5.74, 6) is 0. The highest BCUT2D eigenvalue weighted by Crippen LogP contribution is 2.39. The first-order valence-corrected chi connectivity index (χ1v) is 9.87. The Kier molecular flexibility index (Phi) is 5.53. The van der Waals surface area contributed by atoms with Crippen molar-refractivity contribution >= 4 is 11.3 Å². The van der Waals surface area contributed by atoms with E-state index in [1.807, 2.05) is 11.3 Å². The van der Waals surface area contributed by atoms with Gasteiger partial charge in [0.2, 0.25) is 0 Å². The van der Waals surface area contributed by atoms with Crippen LogP contribution in [0.2, 0.25) is 0 Å². The van der Waals surface area contributed by atoms with Crippen molar-refractivity contribution in [1.29, 1.82) is 0 Å². The van der Waals surface area contributed by atoms with Crippen LogP contribution in [0, 0.1) is 5.41 Å². The van der Waals surface area contributed by atoms with Gasteiger partial charge in [0.1, 0.15) is 5.01 Å². The molecule has 4 heteroatoms. The molecule has 2 aliphatic rings. The number of aryl methyl sites for hydroxylation is 2. The lowest BCUT2D eigenvalue weighted by Gasteiger charge is -2.38. The summed E-state index contributed by atoms with van der Waals surface area (Å²) in [5.41, 5.74) is 1.68. The molecule has 0 bridgehead atoms. The van der Waals surface area contributed by atoms with Crippen LogP contribution >= 0.6 is 11.3 Å². The van der Waals surface area contributed by atoms with Crippen molar-refractivity contribution in [1.82, 2.24) is 10.3 Å². The fraction of sp³-hybridized carbons (Fsp3) is 0.833. The third-order valence-corrected chi connectivity index (χ3v) is 6.91. The second-order valence-corrected chi connectivity index (χ2v) is 8.38. The smallest absolute Gasteiger partial charge is 0.110 e. The van der Waals surface area contributed by atoms with E-state index in [-0.39, 0.29) is 0 Å². The molecule has 22 heavy (non-hydrogen) atoms. The van der Waals surface area contributed by atoms with Crippen LogP contribution in [0.25, 0.3) is 0 Å². The van der Waals surface area contributed by atoms with Crippen LogP contribution in [0.5, 0.6) is 0 Å². The van der Waals surface area contributed by atoms with Gasteiger partial charge in [0, 0.05) is 18.0 Å². The molecule has 1 fully saturated rings. The van der Waals surface area contributed by atoms with Gasteiger partial charge in [0.15, 0.2) is 0 Å². The van der Waals surface area contributed by atoms with E-state index in [2.05, 4.69) is 12.2 Å². The van der Waals surface area contributed by atoms with Gasteiger partial charge in [0.05, 0.1) is 11.7 Å². The van der Waals surface area contributed by atoms with Gasteiger partial charge in [-0.3, -0.25) is 0 Å². The first kappa shape index (κ1) is 16.4. The molecule has 0 aromatic carbocycles. The first-order valence-electron chi connectivity index (χ1n) is 9.05. The van der Waals surface area contributed by atoms with E-state index in [1.54, 1.807) is 0 Å². The Morgan fingerprint density at radius 1 is 1.18 bits per heavy atom. The number of hydrogen-bond donors (Lipinski definition) is 2. The van der Waals surface area contributed by atoms with E-state index in [0.717, 1.165) is 13.0 Å². The highest BCUT2D eigenvalue weighted by atomic mass is 32.1. The number of aromatic nitrogens is 1. The lowest BCUT2D eigenvalue weighted by molar-refractivity contribution is 0.123. The fourth-order valence-corrected chi connectivity index (χ4v) is 5.25. The van der Waals surface area contributed by atoms with Crippen LogP contribution in [0.4, 0.5) is 0 Å². The Labute approximate surface area is 138 Å². The van der Waals surface area contributed by atoms with Crippen molar-refractivity contribution in [3.8, 4) is 0 Å². The Bertz CT molecular complexity index is 450. The molecular weight excluding hydrogens is 292 g/mol. The van der Waals surface area contributed by atoms with E-state index < -0.39 is 0 Å². The Morgan fingerprint density at radius 2 is 1.95 bits per heavy atom. The molecule has 2 N–H and O–H groups in total. The lowest BCUT2D eigenvalue weighted by Crippen LogP contribution is -2.38. The average Bonchev–Trinajstić information content (AvgIpc) is 2.98. The summed E-state index contributed by atoms with van der Waals surface area (Å²) in [6, 6.07) is 0.341. The summed E-state index contributed by atoms with van der Waals surface area (Å²) in [5, 5.41) is 14.4. The van der Waals surface area contributed by atoms with Crippen LogP contribution in [0.15, 0.2) is 0 Å². The van der Waals surface area contributed by atoms with E-state index in [1.165, 1.54) is 73.4 Å². The van der Waals surface area contributed by atoms with Crippen molar-refractivity contribution in [2.75, 3.05) is 13.2 Å². The van der Waals surface area contributed by atoms with Crippen LogP contribution < -0.4 is 5.32 Å². The third-order valence-electron chi connectivity index (χ3n) is 5.57. The van der Waals surface area contributed by atoms with E-state index in [0.29, 0.717) is 18.1 Å². The average molecular weight is 323 g/mol. The van der Waals surface area contributed by atoms with Crippen molar-refractivity contribution in [2.45, 2.75) is 77.2 Å². The minimum absolute atomic E-state index is 0.318. The van der Waals surface area contributed by atoms with Gasteiger partial charge in [-0.25, -0.2) is 4.98 Å². The number of hydrogen-bond acceptors (Lipinski definition) is 4.